The van der Waals surface area contributed by atoms with Crippen LogP contribution in [0, 0.1) is 10.1 Å². The van der Waals surface area contributed by atoms with E-state index in [1.54, 1.807) is 42.5 Å². The number of nitrogens with zero attached hydrogens (tertiary/aromatic N) is 3. The van der Waals surface area contributed by atoms with Gasteiger partial charge < -0.3 is 0 Å². The van der Waals surface area contributed by atoms with Gasteiger partial charge in [-0.2, -0.15) is 0 Å². The number of rotatable bonds is 4. The van der Waals surface area contributed by atoms with E-state index >= 15 is 0 Å². The second kappa shape index (κ2) is 8.22. The number of hydrogen-bond acceptors (Lipinski definition) is 4. The Labute approximate surface area is 185 Å². The largest absolute Gasteiger partial charge is 0.282 e. The standard InChI is InChI=1S/C22H13BrClN3O3/c23-16-5-11-18(12-6-16)26-21(15-3-7-17(24)8-4-15)25-20(22(26)28)13-14-1-9-19(10-2-14)27(29)30/h1-13H/b20-13+. The first-order chi connectivity index (χ1) is 14.4. The van der Waals surface area contributed by atoms with Crippen molar-refractivity contribution in [2.24, 2.45) is 4.99 Å². The van der Waals surface area contributed by atoms with E-state index in [0.29, 0.717) is 22.1 Å². The van der Waals surface area contributed by atoms with Gasteiger partial charge in [-0.15, -0.1) is 0 Å². The summed E-state index contributed by atoms with van der Waals surface area (Å²) >= 11 is 9.41. The molecule has 0 fully saturated rings. The third kappa shape index (κ3) is 4.03. The molecule has 0 atom stereocenters. The van der Waals surface area contributed by atoms with E-state index in [2.05, 4.69) is 20.9 Å². The monoisotopic (exact) mass is 481 g/mol. The Bertz CT molecular complexity index is 1190. The molecular weight excluding hydrogens is 470 g/mol. The van der Waals surface area contributed by atoms with Gasteiger partial charge in [0.25, 0.3) is 11.6 Å². The highest BCUT2D eigenvalue weighted by molar-refractivity contribution is 9.10. The molecule has 0 aromatic heterocycles. The average molecular weight is 483 g/mol. The van der Waals surface area contributed by atoms with Gasteiger partial charge in [-0.25, -0.2) is 4.99 Å². The fourth-order valence-corrected chi connectivity index (χ4v) is 3.38. The fourth-order valence-electron chi connectivity index (χ4n) is 2.99. The van der Waals surface area contributed by atoms with Crippen LogP contribution in [-0.4, -0.2) is 16.7 Å². The SMILES string of the molecule is O=C1/C(=C\c2ccc([N+](=O)[O-])cc2)N=C(c2ccc(Cl)cc2)N1c1ccc(Br)cc1. The van der Waals surface area contributed by atoms with Crippen LogP contribution in [0.15, 0.2) is 88.0 Å². The Morgan fingerprint density at radius 3 is 2.20 bits per heavy atom. The summed E-state index contributed by atoms with van der Waals surface area (Å²) in [6.07, 6.45) is 1.61. The number of halogens is 2. The number of anilines is 1. The van der Waals surface area contributed by atoms with Crippen LogP contribution >= 0.6 is 27.5 Å². The van der Waals surface area contributed by atoms with Gasteiger partial charge in [-0.05, 0) is 72.3 Å². The molecule has 0 bridgehead atoms. The Kier molecular flexibility index (Phi) is 5.48. The quantitative estimate of drug-likeness (QED) is 0.266. The van der Waals surface area contributed by atoms with Gasteiger partial charge in [0, 0.05) is 27.2 Å². The van der Waals surface area contributed by atoms with Crippen LogP contribution in [0.4, 0.5) is 11.4 Å². The number of carbonyl (C=O) groups is 1. The van der Waals surface area contributed by atoms with E-state index < -0.39 is 4.92 Å². The van der Waals surface area contributed by atoms with Gasteiger partial charge in [-0.3, -0.25) is 19.8 Å². The summed E-state index contributed by atoms with van der Waals surface area (Å²) in [7, 11) is 0. The number of non-ortho nitro benzene ring substituents is 1. The summed E-state index contributed by atoms with van der Waals surface area (Å²) < 4.78 is 0.893. The van der Waals surface area contributed by atoms with Gasteiger partial charge >= 0.3 is 0 Å². The second-order valence-electron chi connectivity index (χ2n) is 6.44. The van der Waals surface area contributed by atoms with E-state index in [9.17, 15) is 14.9 Å². The van der Waals surface area contributed by atoms with Crippen molar-refractivity contribution >= 4 is 56.7 Å². The molecule has 0 saturated heterocycles. The van der Waals surface area contributed by atoms with E-state index in [0.717, 1.165) is 10.0 Å². The molecule has 1 aliphatic rings. The Hall–Kier alpha value is -3.29. The summed E-state index contributed by atoms with van der Waals surface area (Å²) in [6, 6.07) is 20.4. The minimum absolute atomic E-state index is 0.0169. The summed E-state index contributed by atoms with van der Waals surface area (Å²) in [5.41, 5.74) is 2.26. The van der Waals surface area contributed by atoms with Gasteiger partial charge in [0.1, 0.15) is 11.5 Å². The lowest BCUT2D eigenvalue weighted by Crippen LogP contribution is -2.32. The predicted molar refractivity (Wildman–Crippen MR) is 121 cm³/mol. The molecule has 8 heteroatoms. The van der Waals surface area contributed by atoms with Gasteiger partial charge in [0.05, 0.1) is 10.6 Å². The molecular formula is C22H13BrClN3O3. The molecule has 0 N–H and O–H groups in total. The maximum Gasteiger partial charge on any atom is 0.282 e. The Morgan fingerprint density at radius 2 is 1.60 bits per heavy atom. The van der Waals surface area contributed by atoms with Crippen LogP contribution in [0.25, 0.3) is 6.08 Å². The molecule has 1 aliphatic heterocycles. The summed E-state index contributed by atoms with van der Waals surface area (Å²) in [5.74, 6) is 0.188. The molecule has 1 heterocycles. The van der Waals surface area contributed by atoms with Crippen LogP contribution < -0.4 is 4.90 Å². The lowest BCUT2D eigenvalue weighted by Gasteiger charge is -2.18. The van der Waals surface area contributed by atoms with E-state index in [1.165, 1.54) is 17.0 Å². The zero-order chi connectivity index (χ0) is 21.3. The molecule has 148 valence electrons. The number of hydrogen-bond donors (Lipinski definition) is 0. The molecule has 0 aliphatic carbocycles. The lowest BCUT2D eigenvalue weighted by atomic mass is 10.1. The lowest BCUT2D eigenvalue weighted by molar-refractivity contribution is -0.384. The Balaban J connectivity index is 1.78. The zero-order valence-corrected chi connectivity index (χ0v) is 17.7. The molecule has 0 radical (unpaired) electrons. The molecule has 0 unspecified atom stereocenters. The number of nitro benzene ring substituents is 1. The van der Waals surface area contributed by atoms with Crippen LogP contribution in [0.5, 0.6) is 0 Å². The van der Waals surface area contributed by atoms with Gasteiger partial charge in [0.2, 0.25) is 0 Å². The molecule has 1 amide bonds. The highest BCUT2D eigenvalue weighted by atomic mass is 79.9. The zero-order valence-electron chi connectivity index (χ0n) is 15.3. The molecule has 6 nitrogen and oxygen atoms in total. The van der Waals surface area contributed by atoms with E-state index in [1.807, 2.05) is 24.3 Å². The highest BCUT2D eigenvalue weighted by Gasteiger charge is 2.32. The third-order valence-corrected chi connectivity index (χ3v) is 5.24. The summed E-state index contributed by atoms with van der Waals surface area (Å²) in [4.78, 5) is 29.7. The van der Waals surface area contributed by atoms with Crippen molar-refractivity contribution in [3.63, 3.8) is 0 Å². The van der Waals surface area contributed by atoms with E-state index in [-0.39, 0.29) is 17.3 Å². The molecule has 0 spiro atoms. The number of amidine groups is 1. The number of aliphatic imine (C=N–C) groups is 1. The number of nitro groups is 1. The van der Waals surface area contributed by atoms with Crippen molar-refractivity contribution in [2.75, 3.05) is 4.90 Å². The smallest absolute Gasteiger partial charge is 0.266 e. The van der Waals surface area contributed by atoms with Gasteiger partial charge in [0.15, 0.2) is 0 Å². The Morgan fingerprint density at radius 1 is 0.967 bits per heavy atom. The van der Waals surface area contributed by atoms with Crippen molar-refractivity contribution in [3.05, 3.63) is 109 Å². The molecule has 3 aromatic carbocycles. The minimum atomic E-state index is -0.469. The topological polar surface area (TPSA) is 75.8 Å². The van der Waals surface area contributed by atoms with Crippen molar-refractivity contribution in [2.45, 2.75) is 0 Å². The van der Waals surface area contributed by atoms with Crippen LogP contribution in [-0.2, 0) is 4.79 Å². The first kappa shape index (κ1) is 20.0. The van der Waals surface area contributed by atoms with Crippen LogP contribution in [0.2, 0.25) is 5.02 Å². The second-order valence-corrected chi connectivity index (χ2v) is 7.79. The van der Waals surface area contributed by atoms with Crippen molar-refractivity contribution in [1.29, 1.82) is 0 Å². The minimum Gasteiger partial charge on any atom is -0.266 e. The molecule has 3 aromatic rings. The number of carbonyl (C=O) groups excluding carboxylic acids is 1. The third-order valence-electron chi connectivity index (χ3n) is 4.45. The van der Waals surface area contributed by atoms with Gasteiger partial charge in [-0.1, -0.05) is 27.5 Å². The molecule has 30 heavy (non-hydrogen) atoms. The van der Waals surface area contributed by atoms with E-state index in [4.69, 9.17) is 11.6 Å². The average Bonchev–Trinajstić information content (AvgIpc) is 3.06. The maximum atomic E-state index is 13.2. The maximum absolute atomic E-state index is 13.2. The van der Waals surface area contributed by atoms with Crippen LogP contribution in [0.1, 0.15) is 11.1 Å². The summed E-state index contributed by atoms with van der Waals surface area (Å²) in [5, 5.41) is 11.4. The molecule has 4 rings (SSSR count). The molecule has 0 saturated carbocycles. The first-order valence-electron chi connectivity index (χ1n) is 8.83. The summed E-state index contributed by atoms with van der Waals surface area (Å²) in [6.45, 7) is 0. The van der Waals surface area contributed by atoms with Crippen molar-refractivity contribution in [1.82, 2.24) is 0 Å². The number of amides is 1. The van der Waals surface area contributed by atoms with Crippen molar-refractivity contribution in [3.8, 4) is 0 Å². The first-order valence-corrected chi connectivity index (χ1v) is 10.0. The van der Waals surface area contributed by atoms with Crippen LogP contribution in [0.3, 0.4) is 0 Å². The van der Waals surface area contributed by atoms with Crippen molar-refractivity contribution < 1.29 is 9.72 Å². The highest BCUT2D eigenvalue weighted by Crippen LogP contribution is 2.29. The predicted octanol–water partition coefficient (Wildman–Crippen LogP) is 5.85. The normalized spacial score (nSPS) is 14.9. The fraction of sp³-hybridized carbons (Fsp3) is 0. The number of benzene rings is 3.